The minimum absolute atomic E-state index is 0.241. The Kier molecular flexibility index (Phi) is 1.54. The summed E-state index contributed by atoms with van der Waals surface area (Å²) in [4.78, 5) is 3.27. The Hall–Kier alpha value is -1.20. The first-order chi connectivity index (χ1) is 4.91. The number of nitrogens with zero attached hydrogens (tertiary/aromatic N) is 1. The number of halogens is 3. The SMILES string of the molecule is Cc1nc(N)oc1C(F)(F)F. The number of aryl methyl sites for hydroxylation is 1. The summed E-state index contributed by atoms with van der Waals surface area (Å²) in [5.41, 5.74) is 4.66. The van der Waals surface area contributed by atoms with Crippen molar-refractivity contribution in [2.75, 3.05) is 5.73 Å². The van der Waals surface area contributed by atoms with Gasteiger partial charge in [-0.05, 0) is 6.92 Å². The van der Waals surface area contributed by atoms with Crippen molar-refractivity contribution in [3.8, 4) is 0 Å². The number of hydrogen-bond acceptors (Lipinski definition) is 3. The van der Waals surface area contributed by atoms with Gasteiger partial charge in [0, 0.05) is 0 Å². The van der Waals surface area contributed by atoms with E-state index in [2.05, 4.69) is 9.40 Å². The number of hydrogen-bond donors (Lipinski definition) is 1. The van der Waals surface area contributed by atoms with Crippen LogP contribution in [0.25, 0.3) is 0 Å². The maximum Gasteiger partial charge on any atom is 0.451 e. The van der Waals surface area contributed by atoms with Crippen molar-refractivity contribution in [3.05, 3.63) is 11.5 Å². The van der Waals surface area contributed by atoms with E-state index in [4.69, 9.17) is 5.73 Å². The fourth-order valence-corrected chi connectivity index (χ4v) is 0.680. The molecule has 0 saturated carbocycles. The van der Waals surface area contributed by atoms with E-state index in [9.17, 15) is 13.2 Å². The smallest absolute Gasteiger partial charge is 0.419 e. The van der Waals surface area contributed by atoms with Crippen LogP contribution in [0.1, 0.15) is 11.5 Å². The van der Waals surface area contributed by atoms with E-state index in [1.807, 2.05) is 0 Å². The molecule has 2 N–H and O–H groups in total. The summed E-state index contributed by atoms with van der Waals surface area (Å²) in [6, 6.07) is -0.463. The Bertz CT molecular complexity index is 265. The Labute approximate surface area is 60.0 Å². The predicted molar refractivity (Wildman–Crippen MR) is 30.7 cm³/mol. The van der Waals surface area contributed by atoms with Crippen molar-refractivity contribution in [1.29, 1.82) is 0 Å². The number of alkyl halides is 3. The van der Waals surface area contributed by atoms with Gasteiger partial charge in [-0.25, -0.2) is 0 Å². The second-order valence-corrected chi connectivity index (χ2v) is 1.96. The highest BCUT2D eigenvalue weighted by Crippen LogP contribution is 2.32. The molecule has 1 aromatic heterocycles. The van der Waals surface area contributed by atoms with Crippen molar-refractivity contribution >= 4 is 6.01 Å². The van der Waals surface area contributed by atoms with Gasteiger partial charge in [-0.1, -0.05) is 0 Å². The van der Waals surface area contributed by atoms with Crippen molar-refractivity contribution in [2.45, 2.75) is 13.1 Å². The molecule has 0 saturated heterocycles. The normalized spacial score (nSPS) is 12.0. The zero-order valence-electron chi connectivity index (χ0n) is 5.57. The Morgan fingerprint density at radius 1 is 1.45 bits per heavy atom. The van der Waals surface area contributed by atoms with E-state index in [0.717, 1.165) is 0 Å². The van der Waals surface area contributed by atoms with E-state index in [0.29, 0.717) is 0 Å². The van der Waals surface area contributed by atoms with Gasteiger partial charge in [-0.3, -0.25) is 0 Å². The highest BCUT2D eigenvalue weighted by atomic mass is 19.4. The highest BCUT2D eigenvalue weighted by molar-refractivity contribution is 5.20. The zero-order valence-corrected chi connectivity index (χ0v) is 5.57. The van der Waals surface area contributed by atoms with Gasteiger partial charge in [0.1, 0.15) is 0 Å². The molecule has 11 heavy (non-hydrogen) atoms. The summed E-state index contributed by atoms with van der Waals surface area (Å²) in [7, 11) is 0. The van der Waals surface area contributed by atoms with Gasteiger partial charge in [0.2, 0.25) is 5.76 Å². The molecular weight excluding hydrogens is 161 g/mol. The third kappa shape index (κ3) is 1.44. The van der Waals surface area contributed by atoms with Crippen molar-refractivity contribution in [2.24, 2.45) is 0 Å². The van der Waals surface area contributed by atoms with Gasteiger partial charge < -0.3 is 10.2 Å². The van der Waals surface area contributed by atoms with Crippen LogP contribution in [0.4, 0.5) is 19.2 Å². The van der Waals surface area contributed by atoms with E-state index in [1.165, 1.54) is 6.92 Å². The molecule has 1 rings (SSSR count). The Morgan fingerprint density at radius 3 is 2.18 bits per heavy atom. The molecule has 3 nitrogen and oxygen atoms in total. The van der Waals surface area contributed by atoms with Crippen LogP contribution in [-0.2, 0) is 6.18 Å². The first-order valence-corrected chi connectivity index (χ1v) is 2.71. The molecule has 0 aliphatic carbocycles. The number of nitrogen functional groups attached to an aromatic ring is 1. The number of oxazole rings is 1. The third-order valence-corrected chi connectivity index (χ3v) is 1.07. The quantitative estimate of drug-likeness (QED) is 0.636. The van der Waals surface area contributed by atoms with Gasteiger partial charge >= 0.3 is 6.18 Å². The molecule has 0 aliphatic heterocycles. The minimum Gasteiger partial charge on any atom is -0.419 e. The van der Waals surface area contributed by atoms with E-state index in [-0.39, 0.29) is 5.69 Å². The lowest BCUT2D eigenvalue weighted by atomic mass is 10.4. The Morgan fingerprint density at radius 2 is 2.00 bits per heavy atom. The van der Waals surface area contributed by atoms with Crippen molar-refractivity contribution in [3.63, 3.8) is 0 Å². The molecule has 0 unspecified atom stereocenters. The average Bonchev–Trinajstić information content (AvgIpc) is 2.08. The molecule has 0 aliphatic rings. The first kappa shape index (κ1) is 7.90. The minimum atomic E-state index is -4.51. The molecule has 0 atom stereocenters. The summed E-state index contributed by atoms with van der Waals surface area (Å²) in [6.07, 6.45) is -4.51. The topological polar surface area (TPSA) is 52.0 Å². The maximum absolute atomic E-state index is 11.9. The van der Waals surface area contributed by atoms with Crippen LogP contribution < -0.4 is 5.73 Å². The van der Waals surface area contributed by atoms with Gasteiger partial charge in [0.15, 0.2) is 0 Å². The van der Waals surface area contributed by atoms with Crippen molar-refractivity contribution < 1.29 is 17.6 Å². The van der Waals surface area contributed by atoms with Crippen LogP contribution in [0.2, 0.25) is 0 Å². The molecule has 0 fully saturated rings. The van der Waals surface area contributed by atoms with E-state index >= 15 is 0 Å². The fraction of sp³-hybridized carbons (Fsp3) is 0.400. The second kappa shape index (κ2) is 2.14. The summed E-state index contributed by atoms with van der Waals surface area (Å²) in [5, 5.41) is 0. The maximum atomic E-state index is 11.9. The monoisotopic (exact) mass is 166 g/mol. The molecular formula is C5H5F3N2O. The molecule has 0 amide bonds. The molecule has 62 valence electrons. The van der Waals surface area contributed by atoms with Gasteiger partial charge in [-0.2, -0.15) is 18.2 Å². The molecule has 6 heteroatoms. The number of rotatable bonds is 0. The predicted octanol–water partition coefficient (Wildman–Crippen LogP) is 1.58. The third-order valence-electron chi connectivity index (χ3n) is 1.07. The summed E-state index contributed by atoms with van der Waals surface area (Å²) < 4.78 is 39.7. The highest BCUT2D eigenvalue weighted by Gasteiger charge is 2.37. The van der Waals surface area contributed by atoms with Crippen LogP contribution in [-0.4, -0.2) is 4.98 Å². The second-order valence-electron chi connectivity index (χ2n) is 1.96. The molecule has 0 spiro atoms. The standard InChI is InChI=1S/C5H5F3N2O/c1-2-3(5(6,7)8)11-4(9)10-2/h1H3,(H2,9,10). The van der Waals surface area contributed by atoms with Crippen LogP contribution in [0.5, 0.6) is 0 Å². The van der Waals surface area contributed by atoms with Gasteiger partial charge in [-0.15, -0.1) is 0 Å². The van der Waals surface area contributed by atoms with Crippen molar-refractivity contribution in [1.82, 2.24) is 4.98 Å². The van der Waals surface area contributed by atoms with E-state index < -0.39 is 18.0 Å². The zero-order chi connectivity index (χ0) is 8.65. The largest absolute Gasteiger partial charge is 0.451 e. The number of anilines is 1. The lowest BCUT2D eigenvalue weighted by Gasteiger charge is -2.00. The lowest BCUT2D eigenvalue weighted by Crippen LogP contribution is -2.04. The summed E-state index contributed by atoms with van der Waals surface area (Å²) in [5.74, 6) is -1.13. The average molecular weight is 166 g/mol. The fourth-order valence-electron chi connectivity index (χ4n) is 0.680. The van der Waals surface area contributed by atoms with Crippen LogP contribution in [0, 0.1) is 6.92 Å². The molecule has 1 aromatic rings. The van der Waals surface area contributed by atoms with Gasteiger partial charge in [0.25, 0.3) is 6.01 Å². The van der Waals surface area contributed by atoms with Crippen LogP contribution >= 0.6 is 0 Å². The summed E-state index contributed by atoms with van der Waals surface area (Å²) in [6.45, 7) is 1.18. The number of nitrogens with two attached hydrogens (primary N) is 1. The van der Waals surface area contributed by atoms with E-state index in [1.54, 1.807) is 0 Å². The first-order valence-electron chi connectivity index (χ1n) is 2.71. The molecule has 1 heterocycles. The molecule has 0 aromatic carbocycles. The Balaban J connectivity index is 3.13. The van der Waals surface area contributed by atoms with Crippen LogP contribution in [0.15, 0.2) is 4.42 Å². The molecule has 0 radical (unpaired) electrons. The lowest BCUT2D eigenvalue weighted by molar-refractivity contribution is -0.153. The number of aromatic nitrogens is 1. The molecule has 0 bridgehead atoms. The summed E-state index contributed by atoms with van der Waals surface area (Å²) >= 11 is 0. The van der Waals surface area contributed by atoms with Gasteiger partial charge in [0.05, 0.1) is 5.69 Å². The van der Waals surface area contributed by atoms with Crippen LogP contribution in [0.3, 0.4) is 0 Å².